The van der Waals surface area contributed by atoms with E-state index < -0.39 is 0 Å². The summed E-state index contributed by atoms with van der Waals surface area (Å²) in [7, 11) is 2.14. The summed E-state index contributed by atoms with van der Waals surface area (Å²) in [6, 6.07) is 0.516. The normalized spacial score (nSPS) is 29.4. The first-order valence-electron chi connectivity index (χ1n) is 3.86. The highest BCUT2D eigenvalue weighted by molar-refractivity contribution is 5.03. The molecule has 0 aromatic rings. The number of rotatable bonds is 0. The van der Waals surface area contributed by atoms with Gasteiger partial charge in [0.1, 0.15) is 0 Å². The highest BCUT2D eigenvalue weighted by atomic mass is 15.1. The number of allylic oxidation sites excluding steroid dienone is 1. The lowest BCUT2D eigenvalue weighted by Crippen LogP contribution is -2.27. The summed E-state index contributed by atoms with van der Waals surface area (Å²) in [5.41, 5.74) is 6.77. The van der Waals surface area contributed by atoms with Gasteiger partial charge in [-0.05, 0) is 39.4 Å². The molecule has 10 heavy (non-hydrogen) atoms. The maximum Gasteiger partial charge on any atom is 0.0266 e. The average Bonchev–Trinajstić information content (AvgIpc) is 1.96. The SMILES string of the molecule is CC1C=C(N)CCCN1C. The van der Waals surface area contributed by atoms with E-state index in [0.717, 1.165) is 12.1 Å². The summed E-state index contributed by atoms with van der Waals surface area (Å²) >= 11 is 0. The van der Waals surface area contributed by atoms with Gasteiger partial charge >= 0.3 is 0 Å². The van der Waals surface area contributed by atoms with Gasteiger partial charge in [-0.2, -0.15) is 0 Å². The number of nitrogens with zero attached hydrogens (tertiary/aromatic N) is 1. The molecule has 0 saturated carbocycles. The molecular formula is C8H16N2. The molecule has 2 heteroatoms. The van der Waals surface area contributed by atoms with Gasteiger partial charge in [-0.3, -0.25) is 0 Å². The van der Waals surface area contributed by atoms with Crippen LogP contribution in [-0.2, 0) is 0 Å². The zero-order valence-corrected chi connectivity index (χ0v) is 6.80. The van der Waals surface area contributed by atoms with E-state index in [0.29, 0.717) is 6.04 Å². The topological polar surface area (TPSA) is 29.3 Å². The lowest BCUT2D eigenvalue weighted by molar-refractivity contribution is 0.301. The van der Waals surface area contributed by atoms with Crippen molar-refractivity contribution in [3.8, 4) is 0 Å². The monoisotopic (exact) mass is 140 g/mol. The van der Waals surface area contributed by atoms with Gasteiger partial charge in [-0.1, -0.05) is 0 Å². The van der Waals surface area contributed by atoms with Crippen LogP contribution in [0.25, 0.3) is 0 Å². The fraction of sp³-hybridized carbons (Fsp3) is 0.750. The molecule has 1 aliphatic rings. The quantitative estimate of drug-likeness (QED) is 0.542. The Morgan fingerprint density at radius 3 is 3.10 bits per heavy atom. The molecule has 1 rings (SSSR count). The first-order chi connectivity index (χ1) is 4.70. The lowest BCUT2D eigenvalue weighted by Gasteiger charge is -2.18. The van der Waals surface area contributed by atoms with Crippen LogP contribution in [0.15, 0.2) is 11.8 Å². The van der Waals surface area contributed by atoms with Crippen LogP contribution < -0.4 is 5.73 Å². The van der Waals surface area contributed by atoms with E-state index in [2.05, 4.69) is 24.9 Å². The molecule has 58 valence electrons. The molecule has 0 aromatic carbocycles. The van der Waals surface area contributed by atoms with Gasteiger partial charge < -0.3 is 10.6 Å². The fourth-order valence-electron chi connectivity index (χ4n) is 1.26. The molecule has 0 aliphatic carbocycles. The summed E-state index contributed by atoms with van der Waals surface area (Å²) in [6.07, 6.45) is 4.41. The number of hydrogen-bond donors (Lipinski definition) is 1. The minimum absolute atomic E-state index is 0.516. The Hall–Kier alpha value is -0.500. The molecule has 1 heterocycles. The van der Waals surface area contributed by atoms with Crippen LogP contribution in [0.3, 0.4) is 0 Å². The Labute approximate surface area is 62.7 Å². The van der Waals surface area contributed by atoms with Crippen molar-refractivity contribution < 1.29 is 0 Å². The molecule has 0 bridgehead atoms. The Kier molecular flexibility index (Phi) is 2.33. The van der Waals surface area contributed by atoms with Crippen molar-refractivity contribution in [2.75, 3.05) is 13.6 Å². The minimum atomic E-state index is 0.516. The van der Waals surface area contributed by atoms with Gasteiger partial charge in [0.2, 0.25) is 0 Å². The van der Waals surface area contributed by atoms with Crippen LogP contribution in [0.1, 0.15) is 19.8 Å². The molecule has 0 amide bonds. The molecule has 0 spiro atoms. The van der Waals surface area contributed by atoms with Crippen molar-refractivity contribution in [3.63, 3.8) is 0 Å². The third-order valence-electron chi connectivity index (χ3n) is 2.13. The molecule has 0 radical (unpaired) electrons. The zero-order chi connectivity index (χ0) is 7.56. The third kappa shape index (κ3) is 1.74. The van der Waals surface area contributed by atoms with E-state index >= 15 is 0 Å². The third-order valence-corrected chi connectivity index (χ3v) is 2.13. The number of nitrogens with two attached hydrogens (primary N) is 1. The van der Waals surface area contributed by atoms with Gasteiger partial charge in [0.25, 0.3) is 0 Å². The first-order valence-corrected chi connectivity index (χ1v) is 3.86. The van der Waals surface area contributed by atoms with Crippen LogP contribution in [-0.4, -0.2) is 24.5 Å². The fourth-order valence-corrected chi connectivity index (χ4v) is 1.26. The Balaban J connectivity index is 2.59. The summed E-state index contributed by atoms with van der Waals surface area (Å²) in [4.78, 5) is 2.32. The molecule has 0 saturated heterocycles. The molecule has 1 unspecified atom stereocenters. The highest BCUT2D eigenvalue weighted by Gasteiger charge is 2.09. The van der Waals surface area contributed by atoms with Gasteiger partial charge in [-0.25, -0.2) is 0 Å². The van der Waals surface area contributed by atoms with E-state index in [1.807, 2.05) is 0 Å². The van der Waals surface area contributed by atoms with Crippen LogP contribution in [0, 0.1) is 0 Å². The summed E-state index contributed by atoms with van der Waals surface area (Å²) < 4.78 is 0. The maximum absolute atomic E-state index is 5.72. The molecule has 0 fully saturated rings. The van der Waals surface area contributed by atoms with Crippen molar-refractivity contribution in [2.45, 2.75) is 25.8 Å². The largest absolute Gasteiger partial charge is 0.402 e. The van der Waals surface area contributed by atoms with E-state index in [9.17, 15) is 0 Å². The van der Waals surface area contributed by atoms with Crippen molar-refractivity contribution in [1.82, 2.24) is 4.90 Å². The van der Waals surface area contributed by atoms with Gasteiger partial charge in [0.05, 0.1) is 0 Å². The van der Waals surface area contributed by atoms with Crippen molar-refractivity contribution in [2.24, 2.45) is 5.73 Å². The highest BCUT2D eigenvalue weighted by Crippen LogP contribution is 2.10. The molecular weight excluding hydrogens is 124 g/mol. The Morgan fingerprint density at radius 1 is 1.70 bits per heavy atom. The van der Waals surface area contributed by atoms with E-state index in [1.54, 1.807) is 0 Å². The zero-order valence-electron chi connectivity index (χ0n) is 6.80. The Morgan fingerprint density at radius 2 is 2.40 bits per heavy atom. The van der Waals surface area contributed by atoms with Crippen molar-refractivity contribution >= 4 is 0 Å². The summed E-state index contributed by atoms with van der Waals surface area (Å²) in [5, 5.41) is 0. The van der Waals surface area contributed by atoms with Crippen molar-refractivity contribution in [3.05, 3.63) is 11.8 Å². The van der Waals surface area contributed by atoms with Crippen LogP contribution in [0.4, 0.5) is 0 Å². The molecule has 2 nitrogen and oxygen atoms in total. The predicted molar refractivity (Wildman–Crippen MR) is 43.6 cm³/mol. The molecule has 1 aliphatic heterocycles. The van der Waals surface area contributed by atoms with E-state index in [1.165, 1.54) is 13.0 Å². The van der Waals surface area contributed by atoms with Crippen molar-refractivity contribution in [1.29, 1.82) is 0 Å². The van der Waals surface area contributed by atoms with E-state index in [-0.39, 0.29) is 0 Å². The molecule has 0 aromatic heterocycles. The number of likely N-dealkylation sites (N-methyl/N-ethyl adjacent to an activating group) is 1. The van der Waals surface area contributed by atoms with Crippen LogP contribution >= 0.6 is 0 Å². The van der Waals surface area contributed by atoms with Gasteiger partial charge in [0, 0.05) is 11.7 Å². The maximum atomic E-state index is 5.72. The smallest absolute Gasteiger partial charge is 0.0266 e. The second-order valence-corrected chi connectivity index (χ2v) is 3.07. The van der Waals surface area contributed by atoms with Crippen LogP contribution in [0.5, 0.6) is 0 Å². The second-order valence-electron chi connectivity index (χ2n) is 3.07. The molecule has 1 atom stereocenters. The van der Waals surface area contributed by atoms with Gasteiger partial charge in [0.15, 0.2) is 0 Å². The number of hydrogen-bond acceptors (Lipinski definition) is 2. The summed E-state index contributed by atoms with van der Waals surface area (Å²) in [6.45, 7) is 3.34. The van der Waals surface area contributed by atoms with E-state index in [4.69, 9.17) is 5.73 Å². The van der Waals surface area contributed by atoms with Crippen LogP contribution in [0.2, 0.25) is 0 Å². The Bertz CT molecular complexity index is 140. The minimum Gasteiger partial charge on any atom is -0.402 e. The second kappa shape index (κ2) is 3.06. The first kappa shape index (κ1) is 7.61. The summed E-state index contributed by atoms with van der Waals surface area (Å²) in [5.74, 6) is 0. The van der Waals surface area contributed by atoms with Gasteiger partial charge in [-0.15, -0.1) is 0 Å². The lowest BCUT2D eigenvalue weighted by atomic mass is 10.2. The molecule has 2 N–H and O–H groups in total. The average molecular weight is 140 g/mol. The standard InChI is InChI=1S/C8H16N2/c1-7-6-8(9)4-3-5-10(7)2/h6-7H,3-5,9H2,1-2H3. The predicted octanol–water partition coefficient (Wildman–Crippen LogP) is 0.943.